The lowest BCUT2D eigenvalue weighted by Crippen LogP contribution is -2.30. The second-order valence-corrected chi connectivity index (χ2v) is 4.91. The average Bonchev–Trinajstić information content (AvgIpc) is 2.71. The number of hydrogen-bond acceptors (Lipinski definition) is 2. The summed E-state index contributed by atoms with van der Waals surface area (Å²) in [6, 6.07) is 8.16. The number of benzene rings is 1. The van der Waals surface area contributed by atoms with Crippen molar-refractivity contribution in [1.29, 1.82) is 0 Å². The molecule has 1 aromatic heterocycles. The molecule has 0 N–H and O–H groups in total. The quantitative estimate of drug-likeness (QED) is 0.815. The maximum absolute atomic E-state index is 12.4. The second kappa shape index (κ2) is 4.52. The van der Waals surface area contributed by atoms with Gasteiger partial charge in [0.25, 0.3) is 0 Å². The first-order valence-electron chi connectivity index (χ1n) is 6.59. The highest BCUT2D eigenvalue weighted by atomic mass is 16.7. The third-order valence-electron chi connectivity index (χ3n) is 3.86. The van der Waals surface area contributed by atoms with E-state index in [0.717, 1.165) is 23.9 Å². The van der Waals surface area contributed by atoms with Crippen LogP contribution < -0.4 is 10.5 Å². The van der Waals surface area contributed by atoms with E-state index in [1.165, 1.54) is 24.0 Å². The Morgan fingerprint density at radius 2 is 1.78 bits per heavy atom. The maximum atomic E-state index is 12.4. The van der Waals surface area contributed by atoms with Crippen molar-refractivity contribution in [2.45, 2.75) is 38.1 Å². The molecule has 0 bridgehead atoms. The Labute approximate surface area is 106 Å². The Bertz CT molecular complexity index is 606. The Balaban J connectivity index is 2.21. The van der Waals surface area contributed by atoms with E-state index in [1.807, 2.05) is 28.8 Å². The molecule has 0 unspecified atom stereocenters. The standard InChI is InChI=1S/C14H18N2O2/c1-18-16-13-10-6-5-9-12(13)15(14(16)17)11-7-3-2-4-8-11/h5-6,9-11H,2-4,7-8H2,1H3. The van der Waals surface area contributed by atoms with Crippen LogP contribution in [0.2, 0.25) is 0 Å². The molecule has 96 valence electrons. The number of aromatic nitrogens is 2. The molecule has 1 heterocycles. The van der Waals surface area contributed by atoms with Gasteiger partial charge in [0.2, 0.25) is 0 Å². The van der Waals surface area contributed by atoms with Crippen LogP contribution in [0.3, 0.4) is 0 Å². The molecular weight excluding hydrogens is 228 g/mol. The number of imidazole rings is 1. The lowest BCUT2D eigenvalue weighted by Gasteiger charge is -2.22. The summed E-state index contributed by atoms with van der Waals surface area (Å²) in [6.45, 7) is 0. The smallest absolute Gasteiger partial charge is 0.362 e. The van der Waals surface area contributed by atoms with Crippen LogP contribution in [0.1, 0.15) is 38.1 Å². The molecule has 18 heavy (non-hydrogen) atoms. The van der Waals surface area contributed by atoms with E-state index < -0.39 is 0 Å². The van der Waals surface area contributed by atoms with Crippen molar-refractivity contribution in [3.8, 4) is 0 Å². The van der Waals surface area contributed by atoms with Crippen molar-refractivity contribution in [1.82, 2.24) is 9.30 Å². The van der Waals surface area contributed by atoms with Crippen LogP contribution in [0.4, 0.5) is 0 Å². The monoisotopic (exact) mass is 246 g/mol. The highest BCUT2D eigenvalue weighted by Gasteiger charge is 2.22. The van der Waals surface area contributed by atoms with E-state index in [4.69, 9.17) is 4.84 Å². The zero-order valence-electron chi connectivity index (χ0n) is 10.6. The molecule has 0 amide bonds. The van der Waals surface area contributed by atoms with Gasteiger partial charge in [-0.15, -0.1) is 4.73 Å². The summed E-state index contributed by atoms with van der Waals surface area (Å²) in [7, 11) is 1.54. The van der Waals surface area contributed by atoms with Gasteiger partial charge >= 0.3 is 5.69 Å². The number of nitrogens with zero attached hydrogens (tertiary/aromatic N) is 2. The predicted octanol–water partition coefficient (Wildman–Crippen LogP) is 2.37. The Kier molecular flexibility index (Phi) is 2.86. The minimum absolute atomic E-state index is 0.0504. The molecule has 4 nitrogen and oxygen atoms in total. The van der Waals surface area contributed by atoms with Crippen LogP contribution in [0.5, 0.6) is 0 Å². The van der Waals surface area contributed by atoms with Gasteiger partial charge in [0, 0.05) is 6.04 Å². The molecule has 1 saturated carbocycles. The van der Waals surface area contributed by atoms with Crippen molar-refractivity contribution in [2.75, 3.05) is 7.11 Å². The van der Waals surface area contributed by atoms with Gasteiger partial charge in [-0.25, -0.2) is 4.79 Å². The number of hydrogen-bond donors (Lipinski definition) is 0. The van der Waals surface area contributed by atoms with Gasteiger partial charge in [-0.2, -0.15) is 0 Å². The molecular formula is C14H18N2O2. The summed E-state index contributed by atoms with van der Waals surface area (Å²) >= 11 is 0. The van der Waals surface area contributed by atoms with E-state index in [-0.39, 0.29) is 5.69 Å². The molecule has 0 aliphatic heterocycles. The molecule has 1 fully saturated rings. The molecule has 1 aliphatic carbocycles. The van der Waals surface area contributed by atoms with Gasteiger partial charge in [-0.05, 0) is 25.0 Å². The summed E-state index contributed by atoms with van der Waals surface area (Å²) in [4.78, 5) is 17.6. The van der Waals surface area contributed by atoms with Crippen molar-refractivity contribution in [3.05, 3.63) is 34.7 Å². The van der Waals surface area contributed by atoms with Crippen molar-refractivity contribution in [2.24, 2.45) is 0 Å². The zero-order chi connectivity index (χ0) is 12.5. The Hall–Kier alpha value is -1.71. The van der Waals surface area contributed by atoms with Gasteiger partial charge in [-0.1, -0.05) is 31.4 Å². The van der Waals surface area contributed by atoms with Crippen molar-refractivity contribution >= 4 is 11.0 Å². The summed E-state index contributed by atoms with van der Waals surface area (Å²) < 4.78 is 3.31. The average molecular weight is 246 g/mol. The molecule has 0 radical (unpaired) electrons. The fraction of sp³-hybridized carbons (Fsp3) is 0.500. The molecule has 2 aromatic rings. The molecule has 1 aliphatic rings. The van der Waals surface area contributed by atoms with Crippen LogP contribution in [0.25, 0.3) is 11.0 Å². The van der Waals surface area contributed by atoms with Gasteiger partial charge < -0.3 is 4.84 Å². The van der Waals surface area contributed by atoms with E-state index in [0.29, 0.717) is 6.04 Å². The van der Waals surface area contributed by atoms with E-state index in [2.05, 4.69) is 0 Å². The van der Waals surface area contributed by atoms with E-state index >= 15 is 0 Å². The topological polar surface area (TPSA) is 36.2 Å². The largest absolute Gasteiger partial charge is 0.412 e. The Morgan fingerprint density at radius 3 is 2.44 bits per heavy atom. The van der Waals surface area contributed by atoms with E-state index in [9.17, 15) is 4.79 Å². The van der Waals surface area contributed by atoms with Crippen LogP contribution in [-0.2, 0) is 0 Å². The van der Waals surface area contributed by atoms with Crippen LogP contribution in [-0.4, -0.2) is 16.4 Å². The van der Waals surface area contributed by atoms with Crippen molar-refractivity contribution < 1.29 is 4.84 Å². The minimum atomic E-state index is -0.0504. The highest BCUT2D eigenvalue weighted by Crippen LogP contribution is 2.29. The summed E-state index contributed by atoms with van der Waals surface area (Å²) in [5.74, 6) is 0. The van der Waals surface area contributed by atoms with Crippen LogP contribution >= 0.6 is 0 Å². The van der Waals surface area contributed by atoms with Gasteiger partial charge in [0.05, 0.1) is 5.52 Å². The number of rotatable bonds is 2. The minimum Gasteiger partial charge on any atom is -0.412 e. The molecule has 3 rings (SSSR count). The lowest BCUT2D eigenvalue weighted by molar-refractivity contribution is 0.162. The first kappa shape index (κ1) is 11.4. The molecule has 0 atom stereocenters. The maximum Gasteiger partial charge on any atom is 0.362 e. The van der Waals surface area contributed by atoms with Crippen molar-refractivity contribution in [3.63, 3.8) is 0 Å². The molecule has 0 saturated heterocycles. The fourth-order valence-electron chi connectivity index (χ4n) is 3.01. The molecule has 0 spiro atoms. The fourth-order valence-corrected chi connectivity index (χ4v) is 3.01. The third kappa shape index (κ3) is 1.64. The first-order chi connectivity index (χ1) is 8.83. The van der Waals surface area contributed by atoms with Gasteiger partial charge in [-0.3, -0.25) is 4.57 Å². The van der Waals surface area contributed by atoms with Gasteiger partial charge in [0.15, 0.2) is 0 Å². The Morgan fingerprint density at radius 1 is 1.11 bits per heavy atom. The lowest BCUT2D eigenvalue weighted by atomic mass is 9.95. The normalized spacial score (nSPS) is 17.2. The summed E-state index contributed by atoms with van der Waals surface area (Å²) in [5.41, 5.74) is 1.79. The predicted molar refractivity (Wildman–Crippen MR) is 70.8 cm³/mol. The summed E-state index contributed by atoms with van der Waals surface area (Å²) in [5, 5.41) is 0. The number of para-hydroxylation sites is 2. The summed E-state index contributed by atoms with van der Waals surface area (Å²) in [6.07, 6.45) is 5.90. The molecule has 4 heteroatoms. The third-order valence-corrected chi connectivity index (χ3v) is 3.86. The SMILES string of the molecule is COn1c(=O)n(C2CCCCC2)c2ccccc21. The van der Waals surface area contributed by atoms with Crippen LogP contribution in [0.15, 0.2) is 29.1 Å². The van der Waals surface area contributed by atoms with Gasteiger partial charge in [0.1, 0.15) is 12.6 Å². The van der Waals surface area contributed by atoms with E-state index in [1.54, 1.807) is 7.11 Å². The number of fused-ring (bicyclic) bond motifs is 1. The van der Waals surface area contributed by atoms with Crippen LogP contribution in [0, 0.1) is 0 Å². The zero-order valence-corrected chi connectivity index (χ0v) is 10.6. The first-order valence-corrected chi connectivity index (χ1v) is 6.59. The highest BCUT2D eigenvalue weighted by molar-refractivity contribution is 5.75. The molecule has 1 aromatic carbocycles. The second-order valence-electron chi connectivity index (χ2n) is 4.91.